The SMILES string of the molecule is CC1CCCCC12NC(=O)N(CC(=O)Oc1ccccc1Cc1ccccc1)C2=O. The number of benzene rings is 2. The van der Waals surface area contributed by atoms with Crippen LogP contribution in [0.4, 0.5) is 4.79 Å². The Morgan fingerprint density at radius 1 is 1.10 bits per heavy atom. The van der Waals surface area contributed by atoms with Crippen LogP contribution in [0.15, 0.2) is 54.6 Å². The molecule has 2 aliphatic rings. The molecule has 0 aromatic heterocycles. The van der Waals surface area contributed by atoms with Crippen LogP contribution in [0.3, 0.4) is 0 Å². The molecule has 1 aliphatic heterocycles. The lowest BCUT2D eigenvalue weighted by Gasteiger charge is -2.36. The van der Waals surface area contributed by atoms with E-state index in [1.165, 1.54) is 0 Å². The van der Waals surface area contributed by atoms with Crippen LogP contribution in [0.25, 0.3) is 0 Å². The number of urea groups is 1. The second kappa shape index (κ2) is 8.30. The molecule has 0 radical (unpaired) electrons. The third kappa shape index (κ3) is 3.82. The van der Waals surface area contributed by atoms with Crippen LogP contribution in [0, 0.1) is 5.92 Å². The van der Waals surface area contributed by atoms with Gasteiger partial charge in [0, 0.05) is 6.42 Å². The summed E-state index contributed by atoms with van der Waals surface area (Å²) in [6.07, 6.45) is 4.06. The van der Waals surface area contributed by atoms with Crippen LogP contribution >= 0.6 is 0 Å². The molecule has 2 unspecified atom stereocenters. The molecule has 2 fully saturated rings. The minimum atomic E-state index is -0.874. The van der Waals surface area contributed by atoms with E-state index >= 15 is 0 Å². The third-order valence-electron chi connectivity index (χ3n) is 6.22. The number of nitrogens with one attached hydrogen (secondary N) is 1. The molecular formula is C24H26N2O4. The van der Waals surface area contributed by atoms with E-state index in [4.69, 9.17) is 4.74 Å². The summed E-state index contributed by atoms with van der Waals surface area (Å²) in [4.78, 5) is 39.1. The van der Waals surface area contributed by atoms with Gasteiger partial charge in [-0.1, -0.05) is 68.3 Å². The zero-order valence-electron chi connectivity index (χ0n) is 17.1. The highest BCUT2D eigenvalue weighted by Crippen LogP contribution is 2.38. The van der Waals surface area contributed by atoms with E-state index in [0.717, 1.165) is 35.3 Å². The molecule has 2 aromatic carbocycles. The van der Waals surface area contributed by atoms with Gasteiger partial charge in [-0.3, -0.25) is 9.69 Å². The van der Waals surface area contributed by atoms with Crippen LogP contribution in [0.1, 0.15) is 43.7 Å². The summed E-state index contributed by atoms with van der Waals surface area (Å²) in [5.74, 6) is -0.441. The summed E-state index contributed by atoms with van der Waals surface area (Å²) >= 11 is 0. The average Bonchev–Trinajstić information content (AvgIpc) is 2.97. The molecule has 2 atom stereocenters. The van der Waals surface area contributed by atoms with Gasteiger partial charge >= 0.3 is 12.0 Å². The van der Waals surface area contributed by atoms with Crippen LogP contribution in [0.5, 0.6) is 5.75 Å². The predicted molar refractivity (Wildman–Crippen MR) is 112 cm³/mol. The topological polar surface area (TPSA) is 75.7 Å². The van der Waals surface area contributed by atoms with Crippen molar-refractivity contribution in [3.05, 3.63) is 65.7 Å². The van der Waals surface area contributed by atoms with Crippen molar-refractivity contribution in [1.29, 1.82) is 0 Å². The first-order valence-electron chi connectivity index (χ1n) is 10.5. The van der Waals surface area contributed by atoms with Crippen molar-refractivity contribution in [3.63, 3.8) is 0 Å². The normalized spacial score (nSPS) is 23.5. The Hall–Kier alpha value is -3.15. The Balaban J connectivity index is 1.45. The summed E-state index contributed by atoms with van der Waals surface area (Å²) in [7, 11) is 0. The van der Waals surface area contributed by atoms with E-state index in [1.807, 2.05) is 49.4 Å². The molecule has 156 valence electrons. The number of carbonyl (C=O) groups is 3. The highest BCUT2D eigenvalue weighted by atomic mass is 16.5. The molecule has 1 aliphatic carbocycles. The maximum atomic E-state index is 13.0. The molecule has 1 saturated heterocycles. The number of hydrogen-bond acceptors (Lipinski definition) is 4. The number of imide groups is 1. The molecule has 6 nitrogen and oxygen atoms in total. The van der Waals surface area contributed by atoms with Gasteiger partial charge in [-0.15, -0.1) is 0 Å². The van der Waals surface area contributed by atoms with Crippen molar-refractivity contribution in [3.8, 4) is 5.75 Å². The zero-order valence-corrected chi connectivity index (χ0v) is 17.1. The number of amides is 3. The average molecular weight is 406 g/mol. The number of esters is 1. The van der Waals surface area contributed by atoms with E-state index in [-0.39, 0.29) is 11.8 Å². The molecule has 0 bridgehead atoms. The van der Waals surface area contributed by atoms with Gasteiger partial charge in [0.2, 0.25) is 0 Å². The van der Waals surface area contributed by atoms with Gasteiger partial charge in [-0.25, -0.2) is 9.59 Å². The standard InChI is InChI=1S/C24H26N2O4/c1-17-9-7-8-14-24(17)22(28)26(23(29)25-24)16-21(27)30-20-13-6-5-12-19(20)15-18-10-3-2-4-11-18/h2-6,10-13,17H,7-9,14-16H2,1H3,(H,25,29). The predicted octanol–water partition coefficient (Wildman–Crippen LogP) is 3.68. The summed E-state index contributed by atoms with van der Waals surface area (Å²) in [5, 5.41) is 2.86. The molecule has 1 spiro atoms. The molecule has 3 amide bonds. The van der Waals surface area contributed by atoms with Crippen LogP contribution < -0.4 is 10.1 Å². The smallest absolute Gasteiger partial charge is 0.331 e. The molecule has 1 heterocycles. The van der Waals surface area contributed by atoms with Crippen LogP contribution in [-0.2, 0) is 16.0 Å². The Morgan fingerprint density at radius 3 is 2.60 bits per heavy atom. The van der Waals surface area contributed by atoms with Gasteiger partial charge < -0.3 is 10.1 Å². The fourth-order valence-corrected chi connectivity index (χ4v) is 4.49. The quantitative estimate of drug-likeness (QED) is 0.467. The second-order valence-corrected chi connectivity index (χ2v) is 8.18. The molecule has 1 saturated carbocycles. The Morgan fingerprint density at radius 2 is 1.83 bits per heavy atom. The monoisotopic (exact) mass is 406 g/mol. The lowest BCUT2D eigenvalue weighted by atomic mass is 9.73. The highest BCUT2D eigenvalue weighted by molar-refractivity contribution is 6.09. The number of carbonyl (C=O) groups excluding carboxylic acids is 3. The maximum Gasteiger partial charge on any atom is 0.331 e. The number of para-hydroxylation sites is 1. The summed E-state index contributed by atoms with van der Waals surface area (Å²) in [5.41, 5.74) is 1.09. The maximum absolute atomic E-state index is 13.0. The van der Waals surface area contributed by atoms with Gasteiger partial charge in [0.05, 0.1) is 0 Å². The number of nitrogens with zero attached hydrogens (tertiary/aromatic N) is 1. The number of ether oxygens (including phenoxy) is 1. The van der Waals surface area contributed by atoms with Crippen LogP contribution in [-0.4, -0.2) is 34.9 Å². The van der Waals surface area contributed by atoms with Crippen molar-refractivity contribution in [2.24, 2.45) is 5.92 Å². The molecule has 4 rings (SSSR count). The van der Waals surface area contributed by atoms with Gasteiger partial charge in [0.15, 0.2) is 0 Å². The van der Waals surface area contributed by atoms with E-state index in [2.05, 4.69) is 5.32 Å². The van der Waals surface area contributed by atoms with Gasteiger partial charge in [0.25, 0.3) is 5.91 Å². The van der Waals surface area contributed by atoms with E-state index < -0.39 is 24.1 Å². The molecule has 2 aromatic rings. The number of rotatable bonds is 5. The Kier molecular flexibility index (Phi) is 5.57. The first-order valence-corrected chi connectivity index (χ1v) is 10.5. The number of hydrogen-bond donors (Lipinski definition) is 1. The minimum Gasteiger partial charge on any atom is -0.425 e. The zero-order chi connectivity index (χ0) is 21.1. The molecule has 6 heteroatoms. The summed E-state index contributed by atoms with van der Waals surface area (Å²) < 4.78 is 5.57. The lowest BCUT2D eigenvalue weighted by Crippen LogP contribution is -2.54. The van der Waals surface area contributed by atoms with E-state index in [9.17, 15) is 14.4 Å². The van der Waals surface area contributed by atoms with Crippen molar-refractivity contribution < 1.29 is 19.1 Å². The first-order chi connectivity index (χ1) is 14.5. The lowest BCUT2D eigenvalue weighted by molar-refractivity contribution is -0.142. The van der Waals surface area contributed by atoms with Gasteiger partial charge in [0.1, 0.15) is 17.8 Å². The van der Waals surface area contributed by atoms with Crippen molar-refractivity contribution >= 4 is 17.9 Å². The fraction of sp³-hybridized carbons (Fsp3) is 0.375. The Bertz CT molecular complexity index is 959. The highest BCUT2D eigenvalue weighted by Gasteiger charge is 2.55. The largest absolute Gasteiger partial charge is 0.425 e. The van der Waals surface area contributed by atoms with E-state index in [1.54, 1.807) is 12.1 Å². The van der Waals surface area contributed by atoms with E-state index in [0.29, 0.717) is 18.6 Å². The summed E-state index contributed by atoms with van der Waals surface area (Å²) in [6.45, 7) is 1.60. The Labute approximate surface area is 176 Å². The summed E-state index contributed by atoms with van der Waals surface area (Å²) in [6, 6.07) is 16.7. The molecule has 30 heavy (non-hydrogen) atoms. The van der Waals surface area contributed by atoms with Crippen molar-refractivity contribution in [1.82, 2.24) is 10.2 Å². The molecular weight excluding hydrogens is 380 g/mol. The first kappa shape index (κ1) is 20.1. The van der Waals surface area contributed by atoms with Crippen molar-refractivity contribution in [2.45, 2.75) is 44.6 Å². The van der Waals surface area contributed by atoms with Crippen LogP contribution in [0.2, 0.25) is 0 Å². The minimum absolute atomic E-state index is 0.0512. The van der Waals surface area contributed by atoms with Gasteiger partial charge in [-0.2, -0.15) is 0 Å². The second-order valence-electron chi connectivity index (χ2n) is 8.18. The third-order valence-corrected chi connectivity index (χ3v) is 6.22. The fourth-order valence-electron chi connectivity index (χ4n) is 4.49. The van der Waals surface area contributed by atoms with Gasteiger partial charge in [-0.05, 0) is 36.0 Å². The van der Waals surface area contributed by atoms with Crippen molar-refractivity contribution in [2.75, 3.05) is 6.54 Å². The molecule has 1 N–H and O–H groups in total.